The van der Waals surface area contributed by atoms with Crippen LogP contribution in [0.25, 0.3) is 0 Å². The van der Waals surface area contributed by atoms with Gasteiger partial charge >= 0.3 is 5.97 Å². The molecule has 1 aliphatic rings. The van der Waals surface area contributed by atoms with Gasteiger partial charge in [0.05, 0.1) is 6.61 Å². The molecule has 3 heteroatoms. The molecule has 1 atom stereocenters. The van der Waals surface area contributed by atoms with Crippen LogP contribution in [-0.2, 0) is 14.3 Å². The second-order valence-electron chi connectivity index (χ2n) is 3.87. The molecule has 72 valence electrons. The van der Waals surface area contributed by atoms with Crippen molar-refractivity contribution in [3.63, 3.8) is 0 Å². The fourth-order valence-electron chi connectivity index (χ4n) is 0.848. The first-order chi connectivity index (χ1) is 5.83. The highest BCUT2D eigenvalue weighted by molar-refractivity contribution is 5.67. The van der Waals surface area contributed by atoms with Gasteiger partial charge in [0.2, 0.25) is 0 Å². The molecule has 0 aromatic rings. The van der Waals surface area contributed by atoms with Gasteiger partial charge in [0.1, 0.15) is 5.60 Å². The third-order valence-electron chi connectivity index (χ3n) is 1.60. The lowest BCUT2D eigenvalue weighted by Gasteiger charge is -2.17. The minimum absolute atomic E-state index is 0.308. The number of hydrogen-bond acceptors (Lipinski definition) is 3. The summed E-state index contributed by atoms with van der Waals surface area (Å²) in [5.41, 5.74) is -1.03. The van der Waals surface area contributed by atoms with Crippen molar-refractivity contribution in [2.24, 2.45) is 0 Å². The lowest BCUT2D eigenvalue weighted by Crippen LogP contribution is -2.25. The maximum Gasteiger partial charge on any atom is 0.304 e. The molecule has 0 saturated carbocycles. The Morgan fingerprint density at radius 1 is 1.62 bits per heavy atom. The molecule has 1 aliphatic heterocycles. The second-order valence-corrected chi connectivity index (χ2v) is 3.87. The van der Waals surface area contributed by atoms with Gasteiger partial charge in [-0.15, -0.1) is 0 Å². The van der Waals surface area contributed by atoms with Crippen LogP contribution in [-0.4, -0.2) is 23.8 Å². The average molecular weight is 182 g/mol. The molecular formula is C10H14O3. The third kappa shape index (κ3) is 3.47. The van der Waals surface area contributed by atoms with Gasteiger partial charge in [0, 0.05) is 6.92 Å². The molecule has 0 amide bonds. The molecule has 0 bridgehead atoms. The number of epoxide rings is 1. The van der Waals surface area contributed by atoms with Crippen molar-refractivity contribution in [1.29, 1.82) is 0 Å². The quantitative estimate of drug-likeness (QED) is 0.346. The first-order valence-corrected chi connectivity index (χ1v) is 4.21. The van der Waals surface area contributed by atoms with Crippen molar-refractivity contribution >= 4 is 5.97 Å². The van der Waals surface area contributed by atoms with Gasteiger partial charge in [-0.25, -0.2) is 0 Å². The van der Waals surface area contributed by atoms with Crippen molar-refractivity contribution < 1.29 is 14.3 Å². The minimum atomic E-state index is -0.721. The Hall–Kier alpha value is -1.01. The van der Waals surface area contributed by atoms with E-state index in [1.54, 1.807) is 13.8 Å². The zero-order valence-electron chi connectivity index (χ0n) is 8.43. The summed E-state index contributed by atoms with van der Waals surface area (Å²) in [4.78, 5) is 10.7. The van der Waals surface area contributed by atoms with Crippen molar-refractivity contribution in [2.75, 3.05) is 6.61 Å². The number of ether oxygens (including phenoxy) is 2. The van der Waals surface area contributed by atoms with Gasteiger partial charge in [0.25, 0.3) is 0 Å². The SMILES string of the molecule is CC(=O)OC(C)(C)C#C[C@]1(C)CO1. The summed E-state index contributed by atoms with van der Waals surface area (Å²) in [6.45, 7) is 7.46. The molecule has 0 radical (unpaired) electrons. The molecule has 1 heterocycles. The Kier molecular flexibility index (Phi) is 2.36. The predicted octanol–water partition coefficient (Wildman–Crippen LogP) is 1.12. The Morgan fingerprint density at radius 3 is 2.54 bits per heavy atom. The van der Waals surface area contributed by atoms with Crippen LogP contribution < -0.4 is 0 Å². The summed E-state index contributed by atoms with van der Waals surface area (Å²) in [6, 6.07) is 0. The Morgan fingerprint density at radius 2 is 2.15 bits per heavy atom. The van der Waals surface area contributed by atoms with E-state index in [-0.39, 0.29) is 11.6 Å². The van der Waals surface area contributed by atoms with E-state index in [9.17, 15) is 4.79 Å². The minimum Gasteiger partial charge on any atom is -0.447 e. The van der Waals surface area contributed by atoms with Gasteiger partial charge in [0.15, 0.2) is 5.60 Å². The maximum atomic E-state index is 10.7. The molecular weight excluding hydrogens is 168 g/mol. The first-order valence-electron chi connectivity index (χ1n) is 4.21. The van der Waals surface area contributed by atoms with E-state index in [2.05, 4.69) is 11.8 Å². The van der Waals surface area contributed by atoms with E-state index in [0.717, 1.165) is 0 Å². The molecule has 1 saturated heterocycles. The smallest absolute Gasteiger partial charge is 0.304 e. The fourth-order valence-corrected chi connectivity index (χ4v) is 0.848. The van der Waals surface area contributed by atoms with Gasteiger partial charge < -0.3 is 9.47 Å². The monoisotopic (exact) mass is 182 g/mol. The molecule has 1 rings (SSSR count). The zero-order chi connectivity index (χ0) is 10.1. The number of esters is 1. The van der Waals surface area contributed by atoms with E-state index in [1.165, 1.54) is 6.92 Å². The summed E-state index contributed by atoms with van der Waals surface area (Å²) in [6.07, 6.45) is 0. The van der Waals surface area contributed by atoms with Gasteiger partial charge in [-0.2, -0.15) is 0 Å². The second kappa shape index (κ2) is 3.04. The van der Waals surface area contributed by atoms with Gasteiger partial charge in [-0.1, -0.05) is 11.8 Å². The lowest BCUT2D eigenvalue weighted by atomic mass is 10.1. The molecule has 0 spiro atoms. The molecule has 0 aromatic carbocycles. The third-order valence-corrected chi connectivity index (χ3v) is 1.60. The Balaban J connectivity index is 2.58. The molecule has 0 aromatic heterocycles. The fraction of sp³-hybridized carbons (Fsp3) is 0.700. The lowest BCUT2D eigenvalue weighted by molar-refractivity contribution is -0.148. The largest absolute Gasteiger partial charge is 0.447 e. The van der Waals surface area contributed by atoms with E-state index < -0.39 is 5.60 Å². The topological polar surface area (TPSA) is 38.8 Å². The van der Waals surface area contributed by atoms with Crippen LogP contribution in [0, 0.1) is 11.8 Å². The highest BCUT2D eigenvalue weighted by Crippen LogP contribution is 2.24. The summed E-state index contributed by atoms with van der Waals surface area (Å²) in [5.74, 6) is 5.49. The molecule has 3 nitrogen and oxygen atoms in total. The van der Waals surface area contributed by atoms with Crippen molar-refractivity contribution in [1.82, 2.24) is 0 Å². The Labute approximate surface area is 78.4 Å². The average Bonchev–Trinajstić information content (AvgIpc) is 2.63. The number of carbonyl (C=O) groups excluding carboxylic acids is 1. The van der Waals surface area contributed by atoms with Crippen molar-refractivity contribution in [3.05, 3.63) is 0 Å². The summed E-state index contributed by atoms with van der Waals surface area (Å²) in [5, 5.41) is 0. The highest BCUT2D eigenvalue weighted by atomic mass is 16.6. The van der Waals surface area contributed by atoms with E-state index in [0.29, 0.717) is 6.61 Å². The predicted molar refractivity (Wildman–Crippen MR) is 48.0 cm³/mol. The van der Waals surface area contributed by atoms with Crippen LogP contribution in [0.15, 0.2) is 0 Å². The number of hydrogen-bond donors (Lipinski definition) is 0. The number of carbonyl (C=O) groups is 1. The van der Waals surface area contributed by atoms with Crippen LogP contribution in [0.2, 0.25) is 0 Å². The number of rotatable bonds is 1. The molecule has 0 unspecified atom stereocenters. The first kappa shape index (κ1) is 10.1. The molecule has 0 aliphatic carbocycles. The Bertz CT molecular complexity index is 276. The summed E-state index contributed by atoms with van der Waals surface area (Å²) in [7, 11) is 0. The standard InChI is InChI=1S/C10H14O3/c1-8(11)13-9(2,3)5-6-10(4)7-12-10/h7H2,1-4H3/t10-/m1/s1. The van der Waals surface area contributed by atoms with Gasteiger partial charge in [-0.05, 0) is 20.8 Å². The molecule has 13 heavy (non-hydrogen) atoms. The molecule has 1 fully saturated rings. The van der Waals surface area contributed by atoms with Crippen molar-refractivity contribution in [2.45, 2.75) is 38.9 Å². The van der Waals surface area contributed by atoms with Crippen LogP contribution >= 0.6 is 0 Å². The van der Waals surface area contributed by atoms with E-state index in [1.807, 2.05) is 6.92 Å². The van der Waals surface area contributed by atoms with Gasteiger partial charge in [-0.3, -0.25) is 4.79 Å². The summed E-state index contributed by atoms with van der Waals surface area (Å²) >= 11 is 0. The highest BCUT2D eigenvalue weighted by Gasteiger charge is 2.37. The summed E-state index contributed by atoms with van der Waals surface area (Å²) < 4.78 is 10.1. The normalized spacial score (nSPS) is 25.8. The zero-order valence-corrected chi connectivity index (χ0v) is 8.43. The van der Waals surface area contributed by atoms with Crippen LogP contribution in [0.4, 0.5) is 0 Å². The van der Waals surface area contributed by atoms with Crippen LogP contribution in [0.1, 0.15) is 27.7 Å². The van der Waals surface area contributed by atoms with Crippen molar-refractivity contribution in [3.8, 4) is 11.8 Å². The van der Waals surface area contributed by atoms with E-state index in [4.69, 9.17) is 9.47 Å². The maximum absolute atomic E-state index is 10.7. The van der Waals surface area contributed by atoms with E-state index >= 15 is 0 Å². The van der Waals surface area contributed by atoms with Crippen LogP contribution in [0.3, 0.4) is 0 Å². The molecule has 0 N–H and O–H groups in total. The van der Waals surface area contributed by atoms with Crippen LogP contribution in [0.5, 0.6) is 0 Å².